The van der Waals surface area contributed by atoms with Gasteiger partial charge in [0.2, 0.25) is 0 Å². The molecule has 10 atom stereocenters. The van der Waals surface area contributed by atoms with Gasteiger partial charge in [-0.3, -0.25) is 24.0 Å². The van der Waals surface area contributed by atoms with Crippen LogP contribution in [0.15, 0.2) is 0 Å². The van der Waals surface area contributed by atoms with Gasteiger partial charge in [0, 0.05) is 10.8 Å². The van der Waals surface area contributed by atoms with Gasteiger partial charge < -0.3 is 9.47 Å². The Balaban J connectivity index is 1.27. The van der Waals surface area contributed by atoms with Crippen LogP contribution in [-0.4, -0.2) is 29.7 Å². The van der Waals surface area contributed by atoms with Crippen LogP contribution < -0.4 is 0 Å². The Morgan fingerprint density at radius 1 is 0.607 bits per heavy atom. The molecule has 2 spiro atoms. The second-order valence-corrected chi connectivity index (χ2v) is 10.3. The van der Waals surface area contributed by atoms with Gasteiger partial charge in [0.15, 0.2) is 0 Å². The lowest BCUT2D eigenvalue weighted by atomic mass is 9.58. The molecule has 0 aromatic rings. The predicted molar refractivity (Wildman–Crippen MR) is 87.7 cm³/mol. The summed E-state index contributed by atoms with van der Waals surface area (Å²) in [5.41, 5.74) is -1.11. The number of ketones is 1. The molecular formula is C21H20O7. The molecule has 2 heterocycles. The first-order valence-corrected chi connectivity index (χ1v) is 10.4. The van der Waals surface area contributed by atoms with E-state index in [0.29, 0.717) is 12.8 Å². The zero-order valence-corrected chi connectivity index (χ0v) is 15.2. The Morgan fingerprint density at radius 3 is 1.43 bits per heavy atom. The molecular weight excluding hydrogens is 364 g/mol. The second-order valence-electron chi connectivity index (χ2n) is 10.3. The number of esters is 4. The normalized spacial score (nSPS) is 57.6. The van der Waals surface area contributed by atoms with E-state index in [-0.39, 0.29) is 41.3 Å². The van der Waals surface area contributed by atoms with Crippen LogP contribution in [0, 0.1) is 58.2 Å². The molecule has 0 aromatic heterocycles. The molecule has 0 radical (unpaired) electrons. The van der Waals surface area contributed by atoms with Crippen LogP contribution in [-0.2, 0) is 33.4 Å². The quantitative estimate of drug-likeness (QED) is 0.454. The monoisotopic (exact) mass is 384 g/mol. The fraction of sp³-hybridized carbons (Fsp3) is 0.762. The van der Waals surface area contributed by atoms with Crippen LogP contribution in [0.3, 0.4) is 0 Å². The molecule has 0 aromatic carbocycles. The van der Waals surface area contributed by atoms with Gasteiger partial charge in [-0.05, 0) is 62.2 Å². The lowest BCUT2D eigenvalue weighted by Gasteiger charge is -2.41. The molecule has 7 nitrogen and oxygen atoms in total. The third-order valence-corrected chi connectivity index (χ3v) is 9.85. The molecule has 28 heavy (non-hydrogen) atoms. The molecule has 7 fully saturated rings. The summed E-state index contributed by atoms with van der Waals surface area (Å²) >= 11 is 0. The van der Waals surface area contributed by atoms with E-state index < -0.39 is 46.5 Å². The van der Waals surface area contributed by atoms with Gasteiger partial charge in [0.05, 0.1) is 23.7 Å². The van der Waals surface area contributed by atoms with E-state index >= 15 is 0 Å². The first-order valence-electron chi connectivity index (χ1n) is 10.4. The number of hydrogen-bond donors (Lipinski definition) is 0. The average Bonchev–Trinajstić information content (AvgIpc) is 3.46. The van der Waals surface area contributed by atoms with Crippen molar-refractivity contribution in [3.63, 3.8) is 0 Å². The molecule has 146 valence electrons. The number of fused-ring (bicyclic) bond motifs is 12. The van der Waals surface area contributed by atoms with Crippen molar-refractivity contribution in [1.82, 2.24) is 0 Å². The van der Waals surface area contributed by atoms with Gasteiger partial charge in [-0.25, -0.2) is 0 Å². The predicted octanol–water partition coefficient (Wildman–Crippen LogP) is 1.03. The molecule has 7 rings (SSSR count). The Morgan fingerprint density at radius 2 is 1.00 bits per heavy atom. The molecule has 0 N–H and O–H groups in total. The highest BCUT2D eigenvalue weighted by Gasteiger charge is 2.78. The van der Waals surface area contributed by atoms with Crippen LogP contribution in [0.2, 0.25) is 0 Å². The minimum absolute atomic E-state index is 0.0532. The Kier molecular flexibility index (Phi) is 2.49. The molecule has 5 saturated carbocycles. The summed E-state index contributed by atoms with van der Waals surface area (Å²) in [6.07, 6.45) is 4.27. The van der Waals surface area contributed by atoms with Gasteiger partial charge in [-0.15, -0.1) is 0 Å². The lowest BCUT2D eigenvalue weighted by Crippen LogP contribution is -2.48. The van der Waals surface area contributed by atoms with Crippen molar-refractivity contribution in [1.29, 1.82) is 0 Å². The first kappa shape index (κ1) is 15.8. The maximum absolute atomic E-state index is 14.0. The van der Waals surface area contributed by atoms with Gasteiger partial charge in [-0.1, -0.05) is 0 Å². The van der Waals surface area contributed by atoms with Crippen LogP contribution in [0.1, 0.15) is 38.5 Å². The van der Waals surface area contributed by atoms with Crippen molar-refractivity contribution < 1.29 is 33.4 Å². The van der Waals surface area contributed by atoms with Crippen molar-refractivity contribution in [2.45, 2.75) is 38.5 Å². The number of rotatable bonds is 0. The number of hydrogen-bond acceptors (Lipinski definition) is 7. The largest absolute Gasteiger partial charge is 0.393 e. The third-order valence-electron chi connectivity index (χ3n) is 9.85. The van der Waals surface area contributed by atoms with E-state index in [9.17, 15) is 24.0 Å². The molecule has 7 heteroatoms. The Hall–Kier alpha value is -2.05. The van der Waals surface area contributed by atoms with Gasteiger partial charge in [-0.2, -0.15) is 0 Å². The van der Waals surface area contributed by atoms with Crippen LogP contribution in [0.25, 0.3) is 0 Å². The summed E-state index contributed by atoms with van der Waals surface area (Å²) in [5, 5.41) is 0. The van der Waals surface area contributed by atoms with Gasteiger partial charge in [0.25, 0.3) is 0 Å². The number of ether oxygens (including phenoxy) is 2. The number of cyclic esters (lactones) is 4. The van der Waals surface area contributed by atoms with Crippen molar-refractivity contribution >= 4 is 29.7 Å². The third kappa shape index (κ3) is 1.40. The van der Waals surface area contributed by atoms with Gasteiger partial charge in [0.1, 0.15) is 5.78 Å². The summed E-state index contributed by atoms with van der Waals surface area (Å²) in [5.74, 6) is -3.28. The van der Waals surface area contributed by atoms with Crippen LogP contribution in [0.4, 0.5) is 0 Å². The number of carbonyl (C=O) groups excluding carboxylic acids is 5. The van der Waals surface area contributed by atoms with Gasteiger partial charge >= 0.3 is 23.9 Å². The first-order chi connectivity index (χ1) is 13.4. The highest BCUT2D eigenvalue weighted by Crippen LogP contribution is 2.75. The topological polar surface area (TPSA) is 104 Å². The maximum Gasteiger partial charge on any atom is 0.317 e. The van der Waals surface area contributed by atoms with E-state index in [0.717, 1.165) is 25.7 Å². The summed E-state index contributed by atoms with van der Waals surface area (Å²) in [4.78, 5) is 62.8. The van der Waals surface area contributed by atoms with Crippen molar-refractivity contribution in [2.75, 3.05) is 0 Å². The highest BCUT2D eigenvalue weighted by atomic mass is 16.6. The van der Waals surface area contributed by atoms with Crippen molar-refractivity contribution in [2.24, 2.45) is 58.2 Å². The zero-order valence-electron chi connectivity index (χ0n) is 15.2. The average molecular weight is 384 g/mol. The molecule has 4 bridgehead atoms. The fourth-order valence-electron chi connectivity index (χ4n) is 9.16. The lowest BCUT2D eigenvalue weighted by molar-refractivity contribution is -0.156. The smallest absolute Gasteiger partial charge is 0.317 e. The fourth-order valence-corrected chi connectivity index (χ4v) is 9.16. The highest BCUT2D eigenvalue weighted by molar-refractivity contribution is 6.02. The molecule has 9 unspecified atom stereocenters. The maximum atomic E-state index is 14.0. The van der Waals surface area contributed by atoms with E-state index in [1.165, 1.54) is 0 Å². The van der Waals surface area contributed by atoms with E-state index in [4.69, 9.17) is 9.47 Å². The van der Waals surface area contributed by atoms with Crippen molar-refractivity contribution in [3.8, 4) is 0 Å². The van der Waals surface area contributed by atoms with E-state index in [1.54, 1.807) is 0 Å². The summed E-state index contributed by atoms with van der Waals surface area (Å²) < 4.78 is 9.82. The minimum atomic E-state index is -0.554. The van der Waals surface area contributed by atoms with E-state index in [2.05, 4.69) is 0 Å². The Labute approximate surface area is 160 Å². The summed E-state index contributed by atoms with van der Waals surface area (Å²) in [6, 6.07) is 0. The molecule has 0 amide bonds. The second kappa shape index (κ2) is 4.41. The molecule has 2 saturated heterocycles. The standard InChI is InChI=1S/C21H20O7/c22-15-11-7-3-9(13(11)17(24)27-15)20(5-7)1-2-21(19(20)26)6-8-4-10(21)14-12(8)16(23)28-18(14)25/h7-14H,1-6H2/t7?,8?,9-,10?,11?,12?,13?,14?,20?,21?/m1/s1. The van der Waals surface area contributed by atoms with E-state index in [1.807, 2.05) is 0 Å². The molecule has 7 aliphatic rings. The summed E-state index contributed by atoms with van der Waals surface area (Å²) in [6.45, 7) is 0. The zero-order chi connectivity index (χ0) is 19.2. The summed E-state index contributed by atoms with van der Waals surface area (Å²) in [7, 11) is 0. The SMILES string of the molecule is O=C1OC(=O)C2C1C1CC2C2(CCC3(CC4C[C@@H]3C3C(=O)OC(=O)C43)C2=O)C1. The van der Waals surface area contributed by atoms with Crippen molar-refractivity contribution in [3.05, 3.63) is 0 Å². The van der Waals surface area contributed by atoms with Crippen LogP contribution >= 0.6 is 0 Å². The Bertz CT molecular complexity index is 850. The molecule has 2 aliphatic heterocycles. The minimum Gasteiger partial charge on any atom is -0.393 e. The number of Topliss-reactive ketones (excluding diaryl/α,β-unsaturated/α-hetero) is 1. The number of carbonyl (C=O) groups is 5. The van der Waals surface area contributed by atoms with Crippen LogP contribution in [0.5, 0.6) is 0 Å². The molecule has 5 aliphatic carbocycles.